The van der Waals surface area contributed by atoms with E-state index in [1.54, 1.807) is 0 Å². The van der Waals surface area contributed by atoms with Crippen LogP contribution >= 0.6 is 0 Å². The Bertz CT molecular complexity index is 1360. The van der Waals surface area contributed by atoms with Crippen molar-refractivity contribution in [3.8, 4) is 11.8 Å². The van der Waals surface area contributed by atoms with E-state index in [0.29, 0.717) is 12.6 Å². The number of fused-ring (bicyclic) bond motifs is 1. The largest absolute Gasteiger partial charge is 0.530 e. The molecule has 0 radical (unpaired) electrons. The lowest BCUT2D eigenvalue weighted by Gasteiger charge is -2.41. The van der Waals surface area contributed by atoms with Crippen LogP contribution in [0.4, 0.5) is 25.0 Å². The highest BCUT2D eigenvalue weighted by molar-refractivity contribution is 7.93. The van der Waals surface area contributed by atoms with E-state index in [9.17, 15) is 31.9 Å². The molecular weight excluding hydrogens is 502 g/mol. The zero-order valence-electron chi connectivity index (χ0n) is 19.0. The Balaban J connectivity index is 1.71. The maximum Gasteiger partial charge on any atom is 0.333 e. The molecular formula is C21H21F2N6O6S-. The number of sulfonamides is 1. The Morgan fingerprint density at radius 1 is 1.39 bits per heavy atom. The Hall–Kier alpha value is -3.93. The van der Waals surface area contributed by atoms with E-state index in [0.717, 1.165) is 4.31 Å². The quantitative estimate of drug-likeness (QED) is 0.541. The van der Waals surface area contributed by atoms with Gasteiger partial charge < -0.3 is 25.3 Å². The summed E-state index contributed by atoms with van der Waals surface area (Å²) in [5.74, 6) is -1.11. The Morgan fingerprint density at radius 3 is 2.69 bits per heavy atom. The van der Waals surface area contributed by atoms with Gasteiger partial charge in [-0.05, 0) is 38.5 Å². The molecule has 1 aliphatic heterocycles. The number of carbonyl (C=O) groups excluding carboxylic acids is 2. The van der Waals surface area contributed by atoms with Crippen molar-refractivity contribution >= 4 is 33.4 Å². The van der Waals surface area contributed by atoms with Gasteiger partial charge in [-0.2, -0.15) is 19.1 Å². The summed E-state index contributed by atoms with van der Waals surface area (Å²) in [6.07, 6.45) is -1.37. The zero-order chi connectivity index (χ0) is 26.4. The number of carboxylic acid groups (broad SMARTS) is 1. The third kappa shape index (κ3) is 4.63. The van der Waals surface area contributed by atoms with E-state index in [-0.39, 0.29) is 45.9 Å². The number of benzene rings is 1. The number of nitrogens with one attached hydrogen (secondary N) is 2. The number of anilines is 2. The molecule has 2 aliphatic rings. The van der Waals surface area contributed by atoms with Crippen LogP contribution in [0.5, 0.6) is 5.75 Å². The van der Waals surface area contributed by atoms with E-state index < -0.39 is 45.6 Å². The lowest BCUT2D eigenvalue weighted by Crippen LogP contribution is -2.54. The standard InChI is InChI=1S/C21H22F2N6O6S/c1-10-18(9-28(27-10)20(22)23)36(33,34)29-11(2)17(8-25-19(30)14-5-12(14)7-24)35-16-4-3-13(6-15(16)29)26-21(31)32/h3-4,6,9,11-12,14,17,20,26H,5,8H2,1-2H3,(H,25,30)(H,31,32)/p-1/t11-,12-,14+,17+/m1/s1. The summed E-state index contributed by atoms with van der Waals surface area (Å²) >= 11 is 0. The van der Waals surface area contributed by atoms with Crippen LogP contribution in [0.1, 0.15) is 25.6 Å². The van der Waals surface area contributed by atoms with Crippen molar-refractivity contribution in [3.63, 3.8) is 0 Å². The molecule has 12 nitrogen and oxygen atoms in total. The van der Waals surface area contributed by atoms with Crippen molar-refractivity contribution in [1.29, 1.82) is 5.26 Å². The van der Waals surface area contributed by atoms with E-state index in [1.165, 1.54) is 32.0 Å². The molecule has 2 N–H and O–H groups in total. The molecule has 2 amide bonds. The number of hydrogen-bond donors (Lipinski definition) is 2. The van der Waals surface area contributed by atoms with Crippen molar-refractivity contribution in [2.45, 2.75) is 43.9 Å². The molecule has 0 bridgehead atoms. The van der Waals surface area contributed by atoms with Crippen LogP contribution in [0.15, 0.2) is 29.3 Å². The Kier molecular flexibility index (Phi) is 6.48. The fourth-order valence-corrected chi connectivity index (χ4v) is 5.90. The van der Waals surface area contributed by atoms with Crippen LogP contribution in [0.2, 0.25) is 0 Å². The predicted octanol–water partition coefficient (Wildman–Crippen LogP) is 0.962. The predicted molar refractivity (Wildman–Crippen MR) is 117 cm³/mol. The van der Waals surface area contributed by atoms with Gasteiger partial charge in [0.2, 0.25) is 5.91 Å². The first-order valence-electron chi connectivity index (χ1n) is 10.8. The minimum atomic E-state index is -4.51. The number of aromatic nitrogens is 2. The van der Waals surface area contributed by atoms with Gasteiger partial charge in [0.05, 0.1) is 48.1 Å². The molecule has 36 heavy (non-hydrogen) atoms. The average molecular weight is 523 g/mol. The second-order valence-corrected chi connectivity index (χ2v) is 10.2. The van der Waals surface area contributed by atoms with Gasteiger partial charge in [0.1, 0.15) is 22.8 Å². The Morgan fingerprint density at radius 2 is 2.11 bits per heavy atom. The molecule has 1 fully saturated rings. The van der Waals surface area contributed by atoms with Crippen LogP contribution < -0.4 is 24.8 Å². The third-order valence-corrected chi connectivity index (χ3v) is 8.01. The number of amides is 2. The van der Waals surface area contributed by atoms with Crippen molar-refractivity contribution in [3.05, 3.63) is 30.1 Å². The lowest BCUT2D eigenvalue weighted by atomic mass is 10.1. The number of ether oxygens (including phenoxy) is 1. The van der Waals surface area contributed by atoms with Gasteiger partial charge in [0, 0.05) is 5.69 Å². The van der Waals surface area contributed by atoms with Gasteiger partial charge in [-0.1, -0.05) is 0 Å². The average Bonchev–Trinajstić information content (AvgIpc) is 3.49. The van der Waals surface area contributed by atoms with Crippen LogP contribution in [0.25, 0.3) is 0 Å². The second kappa shape index (κ2) is 9.26. The Labute approximate surface area is 204 Å². The second-order valence-electron chi connectivity index (χ2n) is 8.45. The van der Waals surface area contributed by atoms with E-state index >= 15 is 0 Å². The fourth-order valence-electron chi connectivity index (χ4n) is 4.06. The van der Waals surface area contributed by atoms with E-state index in [4.69, 9.17) is 10.00 Å². The first kappa shape index (κ1) is 25.2. The molecule has 0 unspecified atom stereocenters. The molecule has 1 aliphatic carbocycles. The summed E-state index contributed by atoms with van der Waals surface area (Å²) in [6, 6.07) is 4.92. The summed E-state index contributed by atoms with van der Waals surface area (Å²) < 4.78 is 60.9. The maximum absolute atomic E-state index is 13.7. The van der Waals surface area contributed by atoms with Crippen molar-refractivity contribution in [2.75, 3.05) is 16.2 Å². The zero-order valence-corrected chi connectivity index (χ0v) is 19.8. The van der Waals surface area contributed by atoms with Gasteiger partial charge in [0.15, 0.2) is 0 Å². The van der Waals surface area contributed by atoms with Gasteiger partial charge in [-0.25, -0.2) is 13.1 Å². The molecule has 0 spiro atoms. The molecule has 1 aromatic heterocycles. The molecule has 4 atom stereocenters. The highest BCUT2D eigenvalue weighted by Gasteiger charge is 2.45. The molecule has 4 rings (SSSR count). The number of halogens is 2. The summed E-state index contributed by atoms with van der Waals surface area (Å²) in [6.45, 7) is -0.402. The van der Waals surface area contributed by atoms with Crippen molar-refractivity contribution in [1.82, 2.24) is 15.1 Å². The number of nitriles is 1. The lowest BCUT2D eigenvalue weighted by molar-refractivity contribution is -0.242. The molecule has 1 saturated carbocycles. The van der Waals surface area contributed by atoms with Crippen molar-refractivity contribution < 1.29 is 36.6 Å². The third-order valence-electron chi connectivity index (χ3n) is 6.01. The minimum absolute atomic E-state index is 0.00669. The summed E-state index contributed by atoms with van der Waals surface area (Å²) in [7, 11) is -4.51. The smallest absolute Gasteiger partial charge is 0.333 e. The topological polar surface area (TPSA) is 169 Å². The molecule has 0 saturated heterocycles. The number of nitrogens with zero attached hydrogens (tertiary/aromatic N) is 4. The monoisotopic (exact) mass is 523 g/mol. The highest BCUT2D eigenvalue weighted by atomic mass is 32.2. The number of alkyl halides is 2. The number of hydrogen-bond acceptors (Lipinski definition) is 8. The molecule has 2 aromatic rings. The van der Waals surface area contributed by atoms with Crippen LogP contribution in [-0.2, 0) is 14.8 Å². The molecule has 1 aromatic carbocycles. The highest BCUT2D eigenvalue weighted by Crippen LogP contribution is 2.42. The van der Waals surface area contributed by atoms with Gasteiger partial charge in [-0.3, -0.25) is 9.10 Å². The van der Waals surface area contributed by atoms with Gasteiger partial charge >= 0.3 is 6.55 Å². The maximum atomic E-state index is 13.7. The number of aryl methyl sites for hydroxylation is 1. The summed E-state index contributed by atoms with van der Waals surface area (Å²) in [5, 5.41) is 28.2. The van der Waals surface area contributed by atoms with Crippen LogP contribution in [0, 0.1) is 30.1 Å². The van der Waals surface area contributed by atoms with E-state index in [1.807, 2.05) is 11.4 Å². The van der Waals surface area contributed by atoms with E-state index in [2.05, 4.69) is 10.4 Å². The summed E-state index contributed by atoms with van der Waals surface area (Å²) in [4.78, 5) is 22.8. The number of rotatable bonds is 7. The first-order chi connectivity index (χ1) is 16.9. The first-order valence-corrected chi connectivity index (χ1v) is 12.2. The SMILES string of the molecule is Cc1nn(C(F)F)cc1S(=O)(=O)N1c2cc(NC(=O)[O-])ccc2O[C@@H](CNC(=O)[C@H]2C[C@@H]2C#N)[C@H]1C. The fraction of sp³-hybridized carbons (Fsp3) is 0.429. The molecule has 192 valence electrons. The van der Waals surface area contributed by atoms with Crippen LogP contribution in [-0.4, -0.2) is 48.9 Å². The minimum Gasteiger partial charge on any atom is -0.530 e. The normalized spacial score (nSPS) is 22.8. The summed E-state index contributed by atoms with van der Waals surface area (Å²) in [5.41, 5.74) is -0.222. The van der Waals surface area contributed by atoms with Gasteiger partial charge in [0.25, 0.3) is 10.0 Å². The van der Waals surface area contributed by atoms with Crippen LogP contribution in [0.3, 0.4) is 0 Å². The molecule has 15 heteroatoms. The molecule has 2 heterocycles. The number of carbonyl (C=O) groups is 2. The van der Waals surface area contributed by atoms with Gasteiger partial charge in [-0.15, -0.1) is 0 Å². The van der Waals surface area contributed by atoms with Crippen molar-refractivity contribution in [2.24, 2.45) is 11.8 Å².